The van der Waals surface area contributed by atoms with E-state index in [-0.39, 0.29) is 18.4 Å². The van der Waals surface area contributed by atoms with Crippen LogP contribution in [0.1, 0.15) is 18.9 Å². The number of hydrogen-bond acceptors (Lipinski definition) is 5. The molecule has 0 atom stereocenters. The first-order chi connectivity index (χ1) is 16.6. The van der Waals surface area contributed by atoms with Crippen molar-refractivity contribution in [2.75, 3.05) is 42.3 Å². The highest BCUT2D eigenvalue weighted by Gasteiger charge is 2.06. The Morgan fingerprint density at radius 3 is 2.26 bits per heavy atom. The molecule has 34 heavy (non-hydrogen) atoms. The van der Waals surface area contributed by atoms with Crippen LogP contribution in [0.25, 0.3) is 0 Å². The molecule has 0 aromatic heterocycles. The zero-order chi connectivity index (χ0) is 24.0. The summed E-state index contributed by atoms with van der Waals surface area (Å²) in [5, 5.41) is 8.84. The molecule has 3 aromatic carbocycles. The fraction of sp³-hybridized carbons (Fsp3) is 0.259. The van der Waals surface area contributed by atoms with Gasteiger partial charge in [-0.3, -0.25) is 9.59 Å². The molecule has 0 fully saturated rings. The van der Waals surface area contributed by atoms with Crippen molar-refractivity contribution in [2.24, 2.45) is 0 Å². The first-order valence-electron chi connectivity index (χ1n) is 11.4. The average molecular weight is 462 g/mol. The summed E-state index contributed by atoms with van der Waals surface area (Å²) in [4.78, 5) is 24.6. The Bertz CT molecular complexity index is 1040. The number of rotatable bonds is 13. The molecule has 7 nitrogen and oxygen atoms in total. The van der Waals surface area contributed by atoms with Crippen molar-refractivity contribution in [3.8, 4) is 5.75 Å². The normalized spacial score (nSPS) is 10.4. The Hall–Kier alpha value is -3.84. The predicted molar refractivity (Wildman–Crippen MR) is 135 cm³/mol. The molecule has 0 aliphatic rings. The quantitative estimate of drug-likeness (QED) is 0.321. The van der Waals surface area contributed by atoms with Gasteiger partial charge in [-0.05, 0) is 61.4 Å². The molecule has 0 radical (unpaired) electrons. The summed E-state index contributed by atoms with van der Waals surface area (Å²) in [6, 6.07) is 24.4. The predicted octanol–water partition coefficient (Wildman–Crippen LogP) is 4.72. The standard InChI is InChI=1S/C27H31N3O4/c1-2-33-17-18-34-25-14-12-22(13-15-25)29-27(32)20-28-23-9-6-10-24(19-23)30-26(31)16-11-21-7-4-3-5-8-21/h3-10,12-15,19,28H,2,11,16-18,20H2,1H3,(H,29,32)(H,30,31). The molecule has 0 saturated heterocycles. The molecule has 3 N–H and O–H groups in total. The fourth-order valence-corrected chi connectivity index (χ4v) is 3.22. The van der Waals surface area contributed by atoms with Crippen LogP contribution in [0.5, 0.6) is 5.75 Å². The van der Waals surface area contributed by atoms with Gasteiger partial charge in [-0.25, -0.2) is 0 Å². The molecule has 0 spiro atoms. The second-order valence-electron chi connectivity index (χ2n) is 7.59. The molecule has 2 amide bonds. The molecule has 0 heterocycles. The monoisotopic (exact) mass is 461 g/mol. The van der Waals surface area contributed by atoms with Crippen LogP contribution in [-0.4, -0.2) is 38.2 Å². The largest absolute Gasteiger partial charge is 0.491 e. The lowest BCUT2D eigenvalue weighted by Gasteiger charge is -2.11. The van der Waals surface area contributed by atoms with E-state index < -0.39 is 0 Å². The Balaban J connectivity index is 1.40. The fourth-order valence-electron chi connectivity index (χ4n) is 3.22. The van der Waals surface area contributed by atoms with Crippen LogP contribution in [0.2, 0.25) is 0 Å². The van der Waals surface area contributed by atoms with E-state index in [1.165, 1.54) is 0 Å². The van der Waals surface area contributed by atoms with E-state index in [1.54, 1.807) is 24.3 Å². The Morgan fingerprint density at radius 2 is 1.50 bits per heavy atom. The highest BCUT2D eigenvalue weighted by molar-refractivity contribution is 5.94. The minimum absolute atomic E-state index is 0.0518. The maximum absolute atomic E-state index is 12.3. The summed E-state index contributed by atoms with van der Waals surface area (Å²) in [6.45, 7) is 3.72. The van der Waals surface area contributed by atoms with E-state index in [1.807, 2.05) is 61.5 Å². The van der Waals surface area contributed by atoms with Crippen LogP contribution < -0.4 is 20.7 Å². The van der Waals surface area contributed by atoms with Crippen LogP contribution in [0, 0.1) is 0 Å². The summed E-state index contributed by atoms with van der Waals surface area (Å²) in [6.07, 6.45) is 1.09. The number of benzene rings is 3. The minimum atomic E-state index is -0.178. The lowest BCUT2D eigenvalue weighted by molar-refractivity contribution is -0.116. The Kier molecular flexibility index (Phi) is 9.95. The lowest BCUT2D eigenvalue weighted by Crippen LogP contribution is -2.21. The van der Waals surface area contributed by atoms with E-state index in [2.05, 4.69) is 16.0 Å². The summed E-state index contributed by atoms with van der Waals surface area (Å²) in [7, 11) is 0. The van der Waals surface area contributed by atoms with Gasteiger partial charge in [-0.15, -0.1) is 0 Å². The van der Waals surface area contributed by atoms with Gasteiger partial charge >= 0.3 is 0 Å². The number of aryl methyl sites for hydroxylation is 1. The average Bonchev–Trinajstić information content (AvgIpc) is 2.86. The molecule has 3 rings (SSSR count). The van der Waals surface area contributed by atoms with Gasteiger partial charge < -0.3 is 25.4 Å². The number of amides is 2. The number of ether oxygens (including phenoxy) is 2. The number of hydrogen-bond donors (Lipinski definition) is 3. The highest BCUT2D eigenvalue weighted by Crippen LogP contribution is 2.17. The highest BCUT2D eigenvalue weighted by atomic mass is 16.5. The zero-order valence-corrected chi connectivity index (χ0v) is 19.4. The van der Waals surface area contributed by atoms with E-state index in [4.69, 9.17) is 9.47 Å². The van der Waals surface area contributed by atoms with Gasteiger partial charge in [0, 0.05) is 30.1 Å². The molecule has 0 aliphatic heterocycles. The molecule has 3 aromatic rings. The molecule has 178 valence electrons. The molecule has 0 unspecified atom stereocenters. The first kappa shape index (κ1) is 24.8. The first-order valence-corrected chi connectivity index (χ1v) is 11.4. The van der Waals surface area contributed by atoms with E-state index in [9.17, 15) is 9.59 Å². The van der Waals surface area contributed by atoms with Crippen LogP contribution in [0.3, 0.4) is 0 Å². The van der Waals surface area contributed by atoms with Crippen molar-refractivity contribution in [2.45, 2.75) is 19.8 Å². The van der Waals surface area contributed by atoms with Crippen molar-refractivity contribution in [3.63, 3.8) is 0 Å². The van der Waals surface area contributed by atoms with Crippen molar-refractivity contribution in [1.29, 1.82) is 0 Å². The Morgan fingerprint density at radius 1 is 0.765 bits per heavy atom. The van der Waals surface area contributed by atoms with Crippen LogP contribution in [0.4, 0.5) is 17.1 Å². The van der Waals surface area contributed by atoms with Crippen molar-refractivity contribution >= 4 is 28.9 Å². The molecule has 0 saturated carbocycles. The summed E-state index contributed by atoms with van der Waals surface area (Å²) < 4.78 is 10.8. The van der Waals surface area contributed by atoms with E-state index >= 15 is 0 Å². The van der Waals surface area contributed by atoms with Gasteiger partial charge in [0.2, 0.25) is 11.8 Å². The van der Waals surface area contributed by atoms with Crippen molar-refractivity contribution in [3.05, 3.63) is 84.4 Å². The van der Waals surface area contributed by atoms with Crippen molar-refractivity contribution in [1.82, 2.24) is 0 Å². The van der Waals surface area contributed by atoms with Gasteiger partial charge in [-0.2, -0.15) is 0 Å². The smallest absolute Gasteiger partial charge is 0.243 e. The van der Waals surface area contributed by atoms with Crippen LogP contribution in [-0.2, 0) is 20.7 Å². The van der Waals surface area contributed by atoms with Gasteiger partial charge in [0.05, 0.1) is 13.2 Å². The number of anilines is 3. The molecular weight excluding hydrogens is 430 g/mol. The van der Waals surface area contributed by atoms with E-state index in [0.29, 0.717) is 44.0 Å². The molecule has 0 bridgehead atoms. The Labute approximate surface area is 200 Å². The van der Waals surface area contributed by atoms with Crippen molar-refractivity contribution < 1.29 is 19.1 Å². The zero-order valence-electron chi connectivity index (χ0n) is 19.4. The molecule has 0 aliphatic carbocycles. The maximum atomic E-state index is 12.3. The number of carbonyl (C=O) groups excluding carboxylic acids is 2. The molecule has 7 heteroatoms. The number of carbonyl (C=O) groups is 2. The summed E-state index contributed by atoms with van der Waals surface area (Å²) in [5.74, 6) is 0.491. The lowest BCUT2D eigenvalue weighted by atomic mass is 10.1. The van der Waals surface area contributed by atoms with Gasteiger partial charge in [0.25, 0.3) is 0 Å². The van der Waals surface area contributed by atoms with Gasteiger partial charge in [0.15, 0.2) is 0 Å². The van der Waals surface area contributed by atoms with Crippen LogP contribution in [0.15, 0.2) is 78.9 Å². The second-order valence-corrected chi connectivity index (χ2v) is 7.59. The van der Waals surface area contributed by atoms with Gasteiger partial charge in [0.1, 0.15) is 12.4 Å². The third-order valence-electron chi connectivity index (χ3n) is 4.92. The maximum Gasteiger partial charge on any atom is 0.243 e. The third kappa shape index (κ3) is 8.96. The van der Waals surface area contributed by atoms with Gasteiger partial charge in [-0.1, -0.05) is 36.4 Å². The third-order valence-corrected chi connectivity index (χ3v) is 4.92. The second kappa shape index (κ2) is 13.6. The van der Waals surface area contributed by atoms with Crippen LogP contribution >= 0.6 is 0 Å². The topological polar surface area (TPSA) is 88.7 Å². The SMILES string of the molecule is CCOCCOc1ccc(NC(=O)CNc2cccc(NC(=O)CCc3ccccc3)c2)cc1. The summed E-state index contributed by atoms with van der Waals surface area (Å²) in [5.41, 5.74) is 3.24. The van der Waals surface area contributed by atoms with E-state index in [0.717, 1.165) is 17.0 Å². The summed E-state index contributed by atoms with van der Waals surface area (Å²) >= 11 is 0. The molecular formula is C27H31N3O4. The number of nitrogens with one attached hydrogen (secondary N) is 3. The minimum Gasteiger partial charge on any atom is -0.491 e.